The molecule has 0 saturated carbocycles. The fraction of sp³-hybridized carbons (Fsp3) is 0.273. The van der Waals surface area contributed by atoms with Crippen LogP contribution in [0.5, 0.6) is 0 Å². The van der Waals surface area contributed by atoms with E-state index in [1.165, 1.54) is 16.4 Å². The molecule has 2 heterocycles. The van der Waals surface area contributed by atoms with Crippen LogP contribution in [0.15, 0.2) is 68.5 Å². The Balaban J connectivity index is 1.37. The molecular weight excluding hydrogens is 482 g/mol. The molecule has 1 N–H and O–H groups in total. The van der Waals surface area contributed by atoms with Crippen molar-refractivity contribution in [2.75, 3.05) is 25.0 Å². The van der Waals surface area contributed by atoms with Crippen LogP contribution >= 0.6 is 15.9 Å². The lowest BCUT2D eigenvalue weighted by atomic mass is 10.1. The van der Waals surface area contributed by atoms with E-state index in [4.69, 9.17) is 4.52 Å². The van der Waals surface area contributed by atoms with Gasteiger partial charge in [-0.3, -0.25) is 4.79 Å². The van der Waals surface area contributed by atoms with E-state index in [0.717, 1.165) is 29.3 Å². The number of carbonyl (C=O) groups is 1. The van der Waals surface area contributed by atoms with Gasteiger partial charge in [0.2, 0.25) is 15.9 Å². The third-order valence-corrected chi connectivity index (χ3v) is 7.64. The van der Waals surface area contributed by atoms with Gasteiger partial charge in [-0.1, -0.05) is 39.6 Å². The topological polar surface area (TPSA) is 92.5 Å². The molecule has 2 aromatic carbocycles. The molecule has 1 aliphatic rings. The zero-order valence-electron chi connectivity index (χ0n) is 16.8. The van der Waals surface area contributed by atoms with Gasteiger partial charge in [0.25, 0.3) is 0 Å². The SMILES string of the molecule is O=C(CNc1cc(-c2ccc(Br)cc2)no1)c1ccc(S(=O)(=O)N2CCCCC2)cc1. The lowest BCUT2D eigenvalue weighted by Gasteiger charge is -2.25. The Labute approximate surface area is 189 Å². The van der Waals surface area contributed by atoms with Gasteiger partial charge in [0.15, 0.2) is 5.78 Å². The summed E-state index contributed by atoms with van der Waals surface area (Å²) in [5.41, 5.74) is 1.99. The second-order valence-corrected chi connectivity index (χ2v) is 10.2. The predicted molar refractivity (Wildman–Crippen MR) is 122 cm³/mol. The minimum atomic E-state index is -3.51. The first-order chi connectivity index (χ1) is 14.9. The molecular formula is C22H22BrN3O4S. The zero-order valence-corrected chi connectivity index (χ0v) is 19.2. The zero-order chi connectivity index (χ0) is 21.8. The third-order valence-electron chi connectivity index (χ3n) is 5.20. The first-order valence-corrected chi connectivity index (χ1v) is 12.3. The van der Waals surface area contributed by atoms with Gasteiger partial charge in [0.05, 0.1) is 11.4 Å². The number of Topliss-reactive ketones (excluding diaryl/α,β-unsaturated/α-hetero) is 1. The number of hydrogen-bond donors (Lipinski definition) is 1. The van der Waals surface area contributed by atoms with E-state index < -0.39 is 10.0 Å². The summed E-state index contributed by atoms with van der Waals surface area (Å²) in [6.45, 7) is 1.10. The highest BCUT2D eigenvalue weighted by atomic mass is 79.9. The molecule has 0 amide bonds. The molecule has 3 aromatic rings. The second kappa shape index (κ2) is 9.33. The number of halogens is 1. The van der Waals surface area contributed by atoms with E-state index in [0.29, 0.717) is 30.2 Å². The molecule has 1 saturated heterocycles. The van der Waals surface area contributed by atoms with Gasteiger partial charge in [-0.2, -0.15) is 4.31 Å². The predicted octanol–water partition coefficient (Wildman–Crippen LogP) is 4.57. The maximum Gasteiger partial charge on any atom is 0.243 e. The number of nitrogens with one attached hydrogen (secondary N) is 1. The Morgan fingerprint density at radius 3 is 2.39 bits per heavy atom. The highest BCUT2D eigenvalue weighted by Gasteiger charge is 2.25. The van der Waals surface area contributed by atoms with Crippen LogP contribution in [-0.2, 0) is 10.0 Å². The summed E-state index contributed by atoms with van der Waals surface area (Å²) in [4.78, 5) is 12.7. The summed E-state index contributed by atoms with van der Waals surface area (Å²) in [7, 11) is -3.51. The molecule has 0 aliphatic carbocycles. The van der Waals surface area contributed by atoms with Gasteiger partial charge in [-0.05, 0) is 49.2 Å². The average molecular weight is 504 g/mol. The van der Waals surface area contributed by atoms with Crippen molar-refractivity contribution in [2.24, 2.45) is 0 Å². The van der Waals surface area contributed by atoms with Gasteiger partial charge in [-0.15, -0.1) is 0 Å². The maximum absolute atomic E-state index is 12.7. The van der Waals surface area contributed by atoms with Crippen LogP contribution in [-0.4, -0.2) is 43.3 Å². The molecule has 1 aromatic heterocycles. The van der Waals surface area contributed by atoms with E-state index in [9.17, 15) is 13.2 Å². The standard InChI is InChI=1S/C22H22BrN3O4S/c23-18-8-4-16(5-9-18)20-14-22(30-25-20)24-15-21(27)17-6-10-19(11-7-17)31(28,29)26-12-2-1-3-13-26/h4-11,14,24H,1-3,12-13,15H2. The summed E-state index contributed by atoms with van der Waals surface area (Å²) < 4.78 is 33.2. The van der Waals surface area contributed by atoms with Crippen molar-refractivity contribution in [3.05, 3.63) is 64.6 Å². The highest BCUT2D eigenvalue weighted by molar-refractivity contribution is 9.10. The Morgan fingerprint density at radius 2 is 1.71 bits per heavy atom. The number of sulfonamides is 1. The van der Waals surface area contributed by atoms with Crippen molar-refractivity contribution in [1.82, 2.24) is 9.46 Å². The molecule has 9 heteroatoms. The van der Waals surface area contributed by atoms with Crippen LogP contribution in [0.25, 0.3) is 11.3 Å². The first kappa shape index (κ1) is 21.7. The fourth-order valence-corrected chi connectivity index (χ4v) is 5.23. The second-order valence-electron chi connectivity index (χ2n) is 7.35. The van der Waals surface area contributed by atoms with E-state index in [2.05, 4.69) is 26.4 Å². The van der Waals surface area contributed by atoms with Gasteiger partial charge < -0.3 is 9.84 Å². The van der Waals surface area contributed by atoms with Crippen molar-refractivity contribution < 1.29 is 17.7 Å². The number of hydrogen-bond acceptors (Lipinski definition) is 6. The number of rotatable bonds is 7. The van der Waals surface area contributed by atoms with E-state index in [-0.39, 0.29) is 17.2 Å². The monoisotopic (exact) mass is 503 g/mol. The molecule has 0 radical (unpaired) electrons. The Kier molecular flexibility index (Phi) is 6.54. The average Bonchev–Trinajstić information content (AvgIpc) is 3.28. The van der Waals surface area contributed by atoms with Crippen LogP contribution in [0.4, 0.5) is 5.88 Å². The Bertz CT molecular complexity index is 1150. The normalized spacial score (nSPS) is 15.0. The number of piperidine rings is 1. The quantitative estimate of drug-likeness (QED) is 0.474. The van der Waals surface area contributed by atoms with Gasteiger partial charge in [0, 0.05) is 34.8 Å². The number of benzene rings is 2. The van der Waals surface area contributed by atoms with Crippen molar-refractivity contribution in [1.29, 1.82) is 0 Å². The van der Waals surface area contributed by atoms with Gasteiger partial charge in [-0.25, -0.2) is 8.42 Å². The first-order valence-electron chi connectivity index (χ1n) is 10.0. The number of ketones is 1. The minimum Gasteiger partial charge on any atom is -0.347 e. The van der Waals surface area contributed by atoms with Crippen molar-refractivity contribution >= 4 is 37.6 Å². The van der Waals surface area contributed by atoms with Gasteiger partial charge in [0.1, 0.15) is 5.69 Å². The summed E-state index contributed by atoms with van der Waals surface area (Å²) in [5.74, 6) is 0.207. The third kappa shape index (κ3) is 5.06. The molecule has 1 aliphatic heterocycles. The summed E-state index contributed by atoms with van der Waals surface area (Å²) in [5, 5.41) is 6.94. The Morgan fingerprint density at radius 1 is 1.03 bits per heavy atom. The van der Waals surface area contributed by atoms with E-state index in [1.807, 2.05) is 24.3 Å². The minimum absolute atomic E-state index is 0.00714. The summed E-state index contributed by atoms with van der Waals surface area (Å²) >= 11 is 3.39. The molecule has 0 unspecified atom stereocenters. The Hall–Kier alpha value is -2.49. The molecule has 0 bridgehead atoms. The molecule has 0 spiro atoms. The number of anilines is 1. The van der Waals surface area contributed by atoms with Crippen molar-refractivity contribution in [3.63, 3.8) is 0 Å². The van der Waals surface area contributed by atoms with Crippen LogP contribution in [0.2, 0.25) is 0 Å². The fourth-order valence-electron chi connectivity index (χ4n) is 3.45. The van der Waals surface area contributed by atoms with Crippen LogP contribution in [0, 0.1) is 0 Å². The molecule has 0 atom stereocenters. The lowest BCUT2D eigenvalue weighted by molar-refractivity contribution is 0.100. The van der Waals surface area contributed by atoms with Crippen molar-refractivity contribution in [2.45, 2.75) is 24.2 Å². The number of carbonyl (C=O) groups excluding carboxylic acids is 1. The van der Waals surface area contributed by atoms with Gasteiger partial charge >= 0.3 is 0 Å². The largest absolute Gasteiger partial charge is 0.347 e. The van der Waals surface area contributed by atoms with Crippen LogP contribution < -0.4 is 5.32 Å². The highest BCUT2D eigenvalue weighted by Crippen LogP contribution is 2.24. The lowest BCUT2D eigenvalue weighted by Crippen LogP contribution is -2.35. The number of nitrogens with zero attached hydrogens (tertiary/aromatic N) is 2. The van der Waals surface area contributed by atoms with E-state index in [1.54, 1.807) is 18.2 Å². The molecule has 162 valence electrons. The number of aromatic nitrogens is 1. The van der Waals surface area contributed by atoms with Crippen LogP contribution in [0.3, 0.4) is 0 Å². The molecule has 7 nitrogen and oxygen atoms in total. The van der Waals surface area contributed by atoms with E-state index >= 15 is 0 Å². The smallest absolute Gasteiger partial charge is 0.243 e. The molecule has 31 heavy (non-hydrogen) atoms. The van der Waals surface area contributed by atoms with Crippen molar-refractivity contribution in [3.8, 4) is 11.3 Å². The summed E-state index contributed by atoms with van der Waals surface area (Å²) in [6.07, 6.45) is 2.82. The maximum atomic E-state index is 12.7. The molecule has 4 rings (SSSR count). The van der Waals surface area contributed by atoms with Crippen LogP contribution in [0.1, 0.15) is 29.6 Å². The molecule has 1 fully saturated rings. The summed E-state index contributed by atoms with van der Waals surface area (Å²) in [6, 6.07) is 15.5.